The van der Waals surface area contributed by atoms with E-state index >= 15 is 0 Å². The van der Waals surface area contributed by atoms with E-state index in [9.17, 15) is 4.79 Å². The fourth-order valence-electron chi connectivity index (χ4n) is 1.45. The van der Waals surface area contributed by atoms with Gasteiger partial charge >= 0.3 is 0 Å². The van der Waals surface area contributed by atoms with Gasteiger partial charge in [0.05, 0.1) is 16.0 Å². The number of hydrogen-bond donors (Lipinski definition) is 2. The minimum Gasteiger partial charge on any atom is -0.397 e. The summed E-state index contributed by atoms with van der Waals surface area (Å²) in [5.74, 6) is -0.129. The van der Waals surface area contributed by atoms with E-state index in [1.54, 1.807) is 37.4 Å². The number of nitrogens with zero attached hydrogens (tertiary/aromatic N) is 2. The first-order valence-corrected chi connectivity index (χ1v) is 7.10. The molecule has 0 aliphatic rings. The number of anilines is 2. The molecule has 1 aromatic heterocycles. The molecule has 0 spiro atoms. The van der Waals surface area contributed by atoms with Crippen molar-refractivity contribution in [2.45, 2.75) is 17.2 Å². The minimum atomic E-state index is -0.290. The molecule has 0 saturated heterocycles. The monoisotopic (exact) mass is 308 g/mol. The van der Waals surface area contributed by atoms with Crippen LogP contribution in [0.1, 0.15) is 6.92 Å². The molecule has 5 nitrogen and oxygen atoms in total. The molecule has 0 aliphatic carbocycles. The van der Waals surface area contributed by atoms with Crippen molar-refractivity contribution < 1.29 is 4.79 Å². The van der Waals surface area contributed by atoms with Crippen LogP contribution in [0.4, 0.5) is 11.4 Å². The smallest absolute Gasteiger partial charge is 0.237 e. The third kappa shape index (κ3) is 3.85. The molecule has 1 amide bonds. The lowest BCUT2D eigenvalue weighted by molar-refractivity contribution is -0.115. The number of amides is 1. The predicted octanol–water partition coefficient (Wildman–Crippen LogP) is 2.83. The van der Waals surface area contributed by atoms with Crippen LogP contribution in [-0.4, -0.2) is 21.1 Å². The maximum atomic E-state index is 12.1. The van der Waals surface area contributed by atoms with E-state index in [4.69, 9.17) is 17.3 Å². The molecule has 3 N–H and O–H groups in total. The number of carbonyl (C=O) groups is 1. The first kappa shape index (κ1) is 14.6. The van der Waals surface area contributed by atoms with Crippen LogP contribution in [0.25, 0.3) is 0 Å². The summed E-state index contributed by atoms with van der Waals surface area (Å²) in [7, 11) is 0. The van der Waals surface area contributed by atoms with E-state index in [0.717, 1.165) is 5.03 Å². The number of nitrogen functional groups attached to an aromatic ring is 1. The van der Waals surface area contributed by atoms with Gasteiger partial charge in [-0.15, -0.1) is 0 Å². The number of benzene rings is 1. The number of carbonyl (C=O) groups excluding carboxylic acids is 1. The Morgan fingerprint density at radius 2 is 2.25 bits per heavy atom. The molecule has 1 unspecified atom stereocenters. The van der Waals surface area contributed by atoms with E-state index in [-0.39, 0.29) is 11.2 Å². The summed E-state index contributed by atoms with van der Waals surface area (Å²) in [5.41, 5.74) is 6.74. The van der Waals surface area contributed by atoms with Crippen molar-refractivity contribution >= 4 is 40.6 Å². The van der Waals surface area contributed by atoms with Gasteiger partial charge in [0.25, 0.3) is 0 Å². The highest BCUT2D eigenvalue weighted by Gasteiger charge is 2.15. The maximum absolute atomic E-state index is 12.1. The molecule has 20 heavy (non-hydrogen) atoms. The van der Waals surface area contributed by atoms with Crippen LogP contribution in [0.5, 0.6) is 0 Å². The molecular formula is C13H13ClN4OS. The lowest BCUT2D eigenvalue weighted by Gasteiger charge is -2.12. The molecule has 2 rings (SSSR count). The third-order valence-corrected chi connectivity index (χ3v) is 3.88. The highest BCUT2D eigenvalue weighted by molar-refractivity contribution is 8.00. The second kappa shape index (κ2) is 6.58. The van der Waals surface area contributed by atoms with Crippen LogP contribution >= 0.6 is 23.4 Å². The first-order valence-electron chi connectivity index (χ1n) is 5.85. The number of nitrogens with one attached hydrogen (secondary N) is 1. The van der Waals surface area contributed by atoms with Crippen molar-refractivity contribution in [1.29, 1.82) is 0 Å². The molecule has 1 aromatic carbocycles. The Morgan fingerprint density at radius 1 is 1.45 bits per heavy atom. The molecule has 1 heterocycles. The van der Waals surface area contributed by atoms with Crippen molar-refractivity contribution in [1.82, 2.24) is 9.97 Å². The molecule has 0 fully saturated rings. The fourth-order valence-corrected chi connectivity index (χ4v) is 2.34. The van der Waals surface area contributed by atoms with Gasteiger partial charge in [0.1, 0.15) is 11.4 Å². The molecule has 0 aliphatic heterocycles. The molecule has 0 saturated carbocycles. The molecule has 104 valence electrons. The maximum Gasteiger partial charge on any atom is 0.237 e. The number of halogens is 1. The minimum absolute atomic E-state index is 0.129. The summed E-state index contributed by atoms with van der Waals surface area (Å²) in [6, 6.07) is 6.74. The highest BCUT2D eigenvalue weighted by Crippen LogP contribution is 2.24. The van der Waals surface area contributed by atoms with E-state index in [1.807, 2.05) is 0 Å². The zero-order valence-corrected chi connectivity index (χ0v) is 12.3. The van der Waals surface area contributed by atoms with Gasteiger partial charge in [-0.3, -0.25) is 4.79 Å². The lowest BCUT2D eigenvalue weighted by Crippen LogP contribution is -2.22. The SMILES string of the molecule is CC(Sc1ccncn1)C(=O)Nc1ccc(Cl)c(N)c1. The fraction of sp³-hybridized carbons (Fsp3) is 0.154. The van der Waals surface area contributed by atoms with Crippen LogP contribution in [0.15, 0.2) is 41.8 Å². The Balaban J connectivity index is 1.99. The van der Waals surface area contributed by atoms with Gasteiger partial charge in [0.2, 0.25) is 5.91 Å². The second-order valence-electron chi connectivity index (χ2n) is 4.03. The molecule has 0 bridgehead atoms. The van der Waals surface area contributed by atoms with Gasteiger partial charge in [-0.1, -0.05) is 23.4 Å². The zero-order chi connectivity index (χ0) is 14.5. The largest absolute Gasteiger partial charge is 0.397 e. The van der Waals surface area contributed by atoms with E-state index in [0.29, 0.717) is 16.4 Å². The van der Waals surface area contributed by atoms with Crippen molar-refractivity contribution in [2.24, 2.45) is 0 Å². The Bertz CT molecular complexity index is 609. The predicted molar refractivity (Wildman–Crippen MR) is 81.8 cm³/mol. The Hall–Kier alpha value is -1.79. The second-order valence-corrected chi connectivity index (χ2v) is 5.80. The summed E-state index contributed by atoms with van der Waals surface area (Å²) in [6.45, 7) is 1.81. The van der Waals surface area contributed by atoms with Crippen LogP contribution in [-0.2, 0) is 4.79 Å². The van der Waals surface area contributed by atoms with Crippen LogP contribution < -0.4 is 11.1 Å². The summed E-state index contributed by atoms with van der Waals surface area (Å²) < 4.78 is 0. The van der Waals surface area contributed by atoms with Crippen molar-refractivity contribution in [2.75, 3.05) is 11.1 Å². The summed E-state index contributed by atoms with van der Waals surface area (Å²) >= 11 is 7.19. The highest BCUT2D eigenvalue weighted by atomic mass is 35.5. The van der Waals surface area contributed by atoms with Gasteiger partial charge in [0.15, 0.2) is 0 Å². The van der Waals surface area contributed by atoms with Gasteiger partial charge in [0, 0.05) is 11.9 Å². The zero-order valence-electron chi connectivity index (χ0n) is 10.7. The Morgan fingerprint density at radius 3 is 2.90 bits per heavy atom. The average molecular weight is 309 g/mol. The molecular weight excluding hydrogens is 296 g/mol. The quantitative estimate of drug-likeness (QED) is 0.516. The Kier molecular flexibility index (Phi) is 4.81. The summed E-state index contributed by atoms with van der Waals surface area (Å²) in [4.78, 5) is 20.0. The van der Waals surface area contributed by atoms with Crippen molar-refractivity contribution in [3.8, 4) is 0 Å². The Labute approximate surface area is 126 Å². The van der Waals surface area contributed by atoms with Crippen molar-refractivity contribution in [3.63, 3.8) is 0 Å². The van der Waals surface area contributed by atoms with Gasteiger partial charge in [-0.2, -0.15) is 0 Å². The molecule has 0 radical (unpaired) electrons. The number of rotatable bonds is 4. The molecule has 1 atom stereocenters. The van der Waals surface area contributed by atoms with Gasteiger partial charge in [-0.25, -0.2) is 9.97 Å². The normalized spacial score (nSPS) is 11.9. The average Bonchev–Trinajstić information content (AvgIpc) is 2.44. The van der Waals surface area contributed by atoms with Gasteiger partial charge < -0.3 is 11.1 Å². The lowest BCUT2D eigenvalue weighted by atomic mass is 10.2. The van der Waals surface area contributed by atoms with Crippen LogP contribution in [0, 0.1) is 0 Å². The standard InChI is InChI=1S/C13H13ClN4OS/c1-8(20-12-4-5-16-7-17-12)13(19)18-9-2-3-10(14)11(15)6-9/h2-8H,15H2,1H3,(H,18,19). The summed E-state index contributed by atoms with van der Waals surface area (Å²) in [5, 5.41) is 3.71. The number of thioether (sulfide) groups is 1. The molecule has 7 heteroatoms. The number of aromatic nitrogens is 2. The number of nitrogens with two attached hydrogens (primary N) is 1. The van der Waals surface area contributed by atoms with Crippen molar-refractivity contribution in [3.05, 3.63) is 41.8 Å². The first-order chi connectivity index (χ1) is 9.56. The third-order valence-electron chi connectivity index (χ3n) is 2.49. The van der Waals surface area contributed by atoms with Crippen LogP contribution in [0.3, 0.4) is 0 Å². The molecule has 2 aromatic rings. The van der Waals surface area contributed by atoms with E-state index in [1.165, 1.54) is 18.1 Å². The van der Waals surface area contributed by atoms with Gasteiger partial charge in [-0.05, 0) is 31.2 Å². The van der Waals surface area contributed by atoms with E-state index < -0.39 is 0 Å². The summed E-state index contributed by atoms with van der Waals surface area (Å²) in [6.07, 6.45) is 3.09. The van der Waals surface area contributed by atoms with E-state index in [2.05, 4.69) is 15.3 Å². The number of hydrogen-bond acceptors (Lipinski definition) is 5. The van der Waals surface area contributed by atoms with Crippen LogP contribution in [0.2, 0.25) is 5.02 Å². The topological polar surface area (TPSA) is 80.9 Å².